The van der Waals surface area contributed by atoms with E-state index in [0.717, 1.165) is 78.6 Å². The minimum absolute atomic E-state index is 0.0525. The van der Waals surface area contributed by atoms with Gasteiger partial charge in [0.1, 0.15) is 0 Å². The van der Waals surface area contributed by atoms with Crippen molar-refractivity contribution >= 4 is 34.0 Å². The van der Waals surface area contributed by atoms with Crippen molar-refractivity contribution in [3.63, 3.8) is 0 Å². The number of ketones is 1. The highest BCUT2D eigenvalue weighted by Crippen LogP contribution is 2.42. The first-order valence-corrected chi connectivity index (χ1v) is 13.3. The topological polar surface area (TPSA) is 65.9 Å². The summed E-state index contributed by atoms with van der Waals surface area (Å²) in [5.74, 6) is 1.31. The van der Waals surface area contributed by atoms with E-state index in [1.807, 2.05) is 25.1 Å². The predicted octanol–water partition coefficient (Wildman–Crippen LogP) is 6.03. The lowest BCUT2D eigenvalue weighted by molar-refractivity contribution is 0.0968. The summed E-state index contributed by atoms with van der Waals surface area (Å²) in [5, 5.41) is 11.5. The number of hydrogen-bond donors (Lipinski definition) is 1. The van der Waals surface area contributed by atoms with Gasteiger partial charge in [-0.05, 0) is 88.0 Å². The number of piperidine rings is 1. The largest absolute Gasteiger partial charge is 0.503 e. The highest BCUT2D eigenvalue weighted by Gasteiger charge is 2.34. The Morgan fingerprint density at radius 3 is 2.56 bits per heavy atom. The number of aromatic hydroxyl groups is 1. The number of phenolic OH excluding ortho intramolecular Hbond substituents is 1. The van der Waals surface area contributed by atoms with Gasteiger partial charge in [-0.15, -0.1) is 0 Å². The van der Waals surface area contributed by atoms with Gasteiger partial charge in [0, 0.05) is 37.1 Å². The van der Waals surface area contributed by atoms with Crippen LogP contribution in [0.5, 0.6) is 11.5 Å². The van der Waals surface area contributed by atoms with Crippen LogP contribution in [0.3, 0.4) is 0 Å². The molecule has 1 aromatic heterocycles. The molecule has 2 heterocycles. The molecule has 5 rings (SSSR count). The molecule has 190 valence electrons. The zero-order valence-electron chi connectivity index (χ0n) is 21.3. The molecule has 3 aromatic rings. The van der Waals surface area contributed by atoms with Crippen LogP contribution in [0.25, 0.3) is 22.0 Å². The molecule has 0 spiro atoms. The third-order valence-corrected chi connectivity index (χ3v) is 7.56. The summed E-state index contributed by atoms with van der Waals surface area (Å²) in [6.07, 6.45) is 5.92. The number of halogens is 1. The molecule has 0 unspecified atom stereocenters. The number of Topliss-reactive ketones (excluding diaryl/α,β-unsaturated/α-hetero) is 1. The van der Waals surface area contributed by atoms with Crippen LogP contribution in [0.4, 0.5) is 5.69 Å². The van der Waals surface area contributed by atoms with Crippen molar-refractivity contribution < 1.29 is 14.6 Å². The fourth-order valence-electron chi connectivity index (χ4n) is 5.31. The second-order valence-electron chi connectivity index (χ2n) is 10.3. The number of carbonyl (C=O) groups is 1. The molecule has 0 atom stereocenters. The lowest BCUT2D eigenvalue weighted by Crippen LogP contribution is -2.38. The standard InChI is InChI=1S/C29H34ClN3O3/c1-4-36-26-15-21(14-24(30)29(26)35)20-7-8-25-22(13-20)27(23(16-31-25)28(34)19-5-6-19)33-11-9-18(10-12-33)17-32(2)3/h7-8,13-16,18-19,35H,4-6,9-12,17H2,1-3H3. The molecular formula is C29H34ClN3O3. The molecular weight excluding hydrogens is 474 g/mol. The van der Waals surface area contributed by atoms with Crippen molar-refractivity contribution in [1.82, 2.24) is 9.88 Å². The number of fused-ring (bicyclic) bond motifs is 1. The number of phenols is 1. The van der Waals surface area contributed by atoms with Crippen molar-refractivity contribution in [3.8, 4) is 22.6 Å². The fraction of sp³-hybridized carbons (Fsp3) is 0.448. The molecule has 0 radical (unpaired) electrons. The van der Waals surface area contributed by atoms with Crippen LogP contribution in [-0.2, 0) is 0 Å². The van der Waals surface area contributed by atoms with Crippen molar-refractivity contribution in [1.29, 1.82) is 0 Å². The number of anilines is 1. The minimum atomic E-state index is -0.0525. The molecule has 1 aliphatic carbocycles. The number of ether oxygens (including phenoxy) is 1. The molecule has 0 amide bonds. The Morgan fingerprint density at radius 2 is 1.89 bits per heavy atom. The number of aromatic nitrogens is 1. The van der Waals surface area contributed by atoms with E-state index in [2.05, 4.69) is 30.0 Å². The van der Waals surface area contributed by atoms with Gasteiger partial charge in [-0.25, -0.2) is 0 Å². The van der Waals surface area contributed by atoms with Crippen molar-refractivity contribution in [2.24, 2.45) is 11.8 Å². The lowest BCUT2D eigenvalue weighted by atomic mass is 9.93. The molecule has 1 aliphatic heterocycles. The van der Waals surface area contributed by atoms with E-state index < -0.39 is 0 Å². The highest BCUT2D eigenvalue weighted by atomic mass is 35.5. The van der Waals surface area contributed by atoms with Gasteiger partial charge in [0.25, 0.3) is 0 Å². The molecule has 7 heteroatoms. The van der Waals surface area contributed by atoms with Crippen molar-refractivity contribution in [3.05, 3.63) is 47.1 Å². The summed E-state index contributed by atoms with van der Waals surface area (Å²) in [5.41, 5.74) is 4.40. The van der Waals surface area contributed by atoms with Crippen molar-refractivity contribution in [2.45, 2.75) is 32.6 Å². The van der Waals surface area contributed by atoms with Gasteiger partial charge in [-0.2, -0.15) is 0 Å². The van der Waals surface area contributed by atoms with E-state index in [1.165, 1.54) is 0 Å². The Bertz CT molecular complexity index is 1280. The van der Waals surface area contributed by atoms with Gasteiger partial charge in [-0.3, -0.25) is 9.78 Å². The summed E-state index contributed by atoms with van der Waals surface area (Å²) in [6.45, 7) is 5.23. The number of benzene rings is 2. The number of hydrogen-bond acceptors (Lipinski definition) is 6. The first-order chi connectivity index (χ1) is 17.4. The minimum Gasteiger partial charge on any atom is -0.503 e. The van der Waals surface area contributed by atoms with E-state index in [1.54, 1.807) is 12.3 Å². The molecule has 2 fully saturated rings. The van der Waals surface area contributed by atoms with Crippen LogP contribution >= 0.6 is 11.6 Å². The van der Waals surface area contributed by atoms with Crippen molar-refractivity contribution in [2.75, 3.05) is 45.2 Å². The highest BCUT2D eigenvalue weighted by molar-refractivity contribution is 6.32. The van der Waals surface area contributed by atoms with E-state index >= 15 is 0 Å². The van der Waals surface area contributed by atoms with Crippen LogP contribution in [0.2, 0.25) is 5.02 Å². The van der Waals surface area contributed by atoms with Gasteiger partial charge in [-0.1, -0.05) is 17.7 Å². The SMILES string of the molecule is CCOc1cc(-c2ccc3ncc(C(=O)C4CC4)c(N4CCC(CN(C)C)CC4)c3c2)cc(Cl)c1O. The zero-order chi connectivity index (χ0) is 25.4. The molecule has 2 aliphatic rings. The molecule has 6 nitrogen and oxygen atoms in total. The number of pyridine rings is 1. The fourth-order valence-corrected chi connectivity index (χ4v) is 5.52. The van der Waals surface area contributed by atoms with Gasteiger partial charge in [0.15, 0.2) is 17.3 Å². The second-order valence-corrected chi connectivity index (χ2v) is 10.7. The monoisotopic (exact) mass is 507 g/mol. The Kier molecular flexibility index (Phi) is 7.09. The summed E-state index contributed by atoms with van der Waals surface area (Å²) in [6, 6.07) is 9.67. The quantitative estimate of drug-likeness (QED) is 0.375. The molecule has 2 aromatic carbocycles. The van der Waals surface area contributed by atoms with Crippen LogP contribution in [0.15, 0.2) is 36.5 Å². The van der Waals surface area contributed by atoms with E-state index in [9.17, 15) is 9.90 Å². The molecule has 1 saturated carbocycles. The van der Waals surface area contributed by atoms with Crippen LogP contribution in [0, 0.1) is 11.8 Å². The normalized spacial score (nSPS) is 16.6. The summed E-state index contributed by atoms with van der Waals surface area (Å²) in [4.78, 5) is 22.7. The first-order valence-electron chi connectivity index (χ1n) is 12.9. The van der Waals surface area contributed by atoms with Crippen LogP contribution in [0.1, 0.15) is 43.0 Å². The maximum atomic E-state index is 13.3. The van der Waals surface area contributed by atoms with E-state index in [4.69, 9.17) is 21.3 Å². The van der Waals surface area contributed by atoms with E-state index in [0.29, 0.717) is 18.3 Å². The zero-order valence-corrected chi connectivity index (χ0v) is 22.0. The van der Waals surface area contributed by atoms with Gasteiger partial charge < -0.3 is 19.6 Å². The predicted molar refractivity (Wildman–Crippen MR) is 146 cm³/mol. The third-order valence-electron chi connectivity index (χ3n) is 7.27. The lowest BCUT2D eigenvalue weighted by Gasteiger charge is -2.36. The molecule has 1 saturated heterocycles. The average molecular weight is 508 g/mol. The van der Waals surface area contributed by atoms with Crippen LogP contribution < -0.4 is 9.64 Å². The molecule has 36 heavy (non-hydrogen) atoms. The Balaban J connectivity index is 1.59. The molecule has 1 N–H and O–H groups in total. The van der Waals surface area contributed by atoms with Gasteiger partial charge >= 0.3 is 0 Å². The second kappa shape index (κ2) is 10.3. The van der Waals surface area contributed by atoms with Gasteiger partial charge in [0.2, 0.25) is 0 Å². The van der Waals surface area contributed by atoms with Gasteiger partial charge in [0.05, 0.1) is 28.4 Å². The number of rotatable bonds is 8. The third kappa shape index (κ3) is 5.02. The van der Waals surface area contributed by atoms with Crippen LogP contribution in [-0.4, -0.2) is 61.1 Å². The maximum Gasteiger partial charge on any atom is 0.176 e. The average Bonchev–Trinajstić information content (AvgIpc) is 3.71. The number of nitrogens with zero attached hydrogens (tertiary/aromatic N) is 3. The summed E-state index contributed by atoms with van der Waals surface area (Å²) < 4.78 is 5.60. The number of carbonyl (C=O) groups excluding carboxylic acids is 1. The van der Waals surface area contributed by atoms with E-state index in [-0.39, 0.29) is 22.5 Å². The first kappa shape index (κ1) is 24.8. The maximum absolute atomic E-state index is 13.3. The molecule has 0 bridgehead atoms. The Morgan fingerprint density at radius 1 is 1.14 bits per heavy atom. The summed E-state index contributed by atoms with van der Waals surface area (Å²) >= 11 is 6.34. The Hall–Kier alpha value is -2.83. The Labute approximate surface area is 217 Å². The summed E-state index contributed by atoms with van der Waals surface area (Å²) in [7, 11) is 4.26. The smallest absolute Gasteiger partial charge is 0.176 e.